The third-order valence-corrected chi connectivity index (χ3v) is 2.78. The lowest BCUT2D eigenvalue weighted by molar-refractivity contribution is 0.100. The van der Waals surface area contributed by atoms with Crippen LogP contribution in [0.5, 0.6) is 0 Å². The van der Waals surface area contributed by atoms with E-state index >= 15 is 0 Å². The molecule has 5 nitrogen and oxygen atoms in total. The summed E-state index contributed by atoms with van der Waals surface area (Å²) < 4.78 is 0. The molecule has 0 bridgehead atoms. The number of benzene rings is 1. The molecule has 1 aromatic carbocycles. The summed E-state index contributed by atoms with van der Waals surface area (Å²) in [5.74, 6) is -0.714. The van der Waals surface area contributed by atoms with E-state index in [9.17, 15) is 5.11 Å². The van der Waals surface area contributed by atoms with Crippen LogP contribution in [0.2, 0.25) is 0 Å². The van der Waals surface area contributed by atoms with Crippen molar-refractivity contribution in [2.45, 2.75) is 19.2 Å². The number of rotatable bonds is 0. The highest BCUT2D eigenvalue weighted by Crippen LogP contribution is 2.27. The second-order valence-corrected chi connectivity index (χ2v) is 4.00. The van der Waals surface area contributed by atoms with Crippen LogP contribution >= 0.6 is 0 Å². The first-order valence-corrected chi connectivity index (χ1v) is 5.15. The number of aliphatic imine (C=N–C) groups is 1. The predicted molar refractivity (Wildman–Crippen MR) is 62.4 cm³/mol. The monoisotopic (exact) mass is 216 g/mol. The summed E-state index contributed by atoms with van der Waals surface area (Å²) in [4.78, 5) is 4.27. The average Bonchev–Trinajstić information content (AvgIpc) is 2.27. The van der Waals surface area contributed by atoms with Crippen LogP contribution in [-0.4, -0.2) is 22.5 Å². The van der Waals surface area contributed by atoms with E-state index in [4.69, 9.17) is 0 Å². The maximum Gasteiger partial charge on any atom is 0.271 e. The van der Waals surface area contributed by atoms with E-state index in [1.807, 2.05) is 24.3 Å². The van der Waals surface area contributed by atoms with Crippen LogP contribution < -0.4 is 10.7 Å². The molecule has 2 aliphatic rings. The minimum absolute atomic E-state index is 0.625. The Morgan fingerprint density at radius 1 is 1.38 bits per heavy atom. The van der Waals surface area contributed by atoms with Gasteiger partial charge in [-0.05, 0) is 18.6 Å². The van der Waals surface area contributed by atoms with Crippen molar-refractivity contribution in [2.75, 3.05) is 5.32 Å². The van der Waals surface area contributed by atoms with Crippen LogP contribution in [-0.2, 0) is 6.42 Å². The van der Waals surface area contributed by atoms with Crippen molar-refractivity contribution in [3.05, 3.63) is 29.8 Å². The molecule has 16 heavy (non-hydrogen) atoms. The van der Waals surface area contributed by atoms with Gasteiger partial charge in [0.25, 0.3) is 5.85 Å². The molecule has 1 aromatic rings. The lowest BCUT2D eigenvalue weighted by Crippen LogP contribution is -2.60. The highest BCUT2D eigenvalue weighted by molar-refractivity contribution is 6.06. The Balaban J connectivity index is 2.08. The molecule has 0 saturated heterocycles. The van der Waals surface area contributed by atoms with Crippen LogP contribution in [0.4, 0.5) is 5.69 Å². The molecule has 0 aromatic heterocycles. The van der Waals surface area contributed by atoms with Gasteiger partial charge in [0.05, 0.1) is 5.71 Å². The fourth-order valence-corrected chi connectivity index (χ4v) is 1.97. The Hall–Kier alpha value is -1.88. The summed E-state index contributed by atoms with van der Waals surface area (Å²) in [6.45, 7) is 1.79. The lowest BCUT2D eigenvalue weighted by Gasteiger charge is -2.37. The second-order valence-electron chi connectivity index (χ2n) is 4.00. The van der Waals surface area contributed by atoms with Crippen molar-refractivity contribution < 1.29 is 5.11 Å². The van der Waals surface area contributed by atoms with E-state index in [1.54, 1.807) is 6.92 Å². The Labute approximate surface area is 92.9 Å². The van der Waals surface area contributed by atoms with Gasteiger partial charge < -0.3 is 10.4 Å². The molecule has 0 saturated carbocycles. The van der Waals surface area contributed by atoms with Gasteiger partial charge in [0.15, 0.2) is 0 Å². The quantitative estimate of drug-likeness (QED) is 0.597. The van der Waals surface area contributed by atoms with Gasteiger partial charge in [0, 0.05) is 12.1 Å². The van der Waals surface area contributed by atoms with Crippen LogP contribution in [0.25, 0.3) is 0 Å². The van der Waals surface area contributed by atoms with Gasteiger partial charge in [0.2, 0.25) is 0 Å². The van der Waals surface area contributed by atoms with Gasteiger partial charge in [-0.1, -0.05) is 18.2 Å². The summed E-state index contributed by atoms with van der Waals surface area (Å²) in [6.07, 6.45) is 0.625. The highest BCUT2D eigenvalue weighted by atomic mass is 16.3. The maximum atomic E-state index is 10.3. The van der Waals surface area contributed by atoms with E-state index in [0.29, 0.717) is 18.0 Å². The normalized spacial score (nSPS) is 26.6. The number of hydrogen-bond acceptors (Lipinski definition) is 5. The van der Waals surface area contributed by atoms with Crippen molar-refractivity contribution >= 4 is 17.2 Å². The fraction of sp³-hybridized carbons (Fsp3) is 0.273. The Bertz CT molecular complexity index is 508. The van der Waals surface area contributed by atoms with Gasteiger partial charge in [-0.15, -0.1) is 0 Å². The minimum Gasteiger partial charge on any atom is -0.348 e. The fourth-order valence-electron chi connectivity index (χ4n) is 1.97. The van der Waals surface area contributed by atoms with Crippen LogP contribution in [0, 0.1) is 0 Å². The first-order chi connectivity index (χ1) is 7.67. The molecule has 0 fully saturated rings. The molecule has 0 amide bonds. The van der Waals surface area contributed by atoms with Gasteiger partial charge in [-0.25, -0.2) is 4.99 Å². The molecule has 82 valence electrons. The number of nitrogens with zero attached hydrogens (tertiary/aromatic N) is 2. The summed E-state index contributed by atoms with van der Waals surface area (Å²) in [7, 11) is 0. The number of fused-ring (bicyclic) bond motifs is 2. The number of nitrogens with one attached hydrogen (secondary N) is 2. The molecule has 0 radical (unpaired) electrons. The Morgan fingerprint density at radius 2 is 2.19 bits per heavy atom. The summed E-state index contributed by atoms with van der Waals surface area (Å²) in [5.41, 5.74) is 5.38. The van der Waals surface area contributed by atoms with E-state index in [0.717, 1.165) is 11.3 Å². The van der Waals surface area contributed by atoms with E-state index in [2.05, 4.69) is 20.8 Å². The van der Waals surface area contributed by atoms with Gasteiger partial charge in [-0.3, -0.25) is 5.43 Å². The highest BCUT2D eigenvalue weighted by Gasteiger charge is 2.39. The molecule has 2 heterocycles. The van der Waals surface area contributed by atoms with Gasteiger partial charge >= 0.3 is 0 Å². The van der Waals surface area contributed by atoms with E-state index in [-0.39, 0.29) is 0 Å². The van der Waals surface area contributed by atoms with Crippen molar-refractivity contribution in [1.29, 1.82) is 0 Å². The second kappa shape index (κ2) is 3.05. The zero-order valence-electron chi connectivity index (χ0n) is 8.86. The smallest absolute Gasteiger partial charge is 0.271 e. The number of aliphatic hydroxyl groups is 1. The third-order valence-electron chi connectivity index (χ3n) is 2.78. The minimum atomic E-state index is -1.34. The molecule has 3 rings (SSSR count). The van der Waals surface area contributed by atoms with Crippen molar-refractivity contribution in [3.63, 3.8) is 0 Å². The van der Waals surface area contributed by atoms with Gasteiger partial charge in [-0.2, -0.15) is 5.10 Å². The van der Waals surface area contributed by atoms with Gasteiger partial charge in [0.1, 0.15) is 5.84 Å². The molecule has 1 atom stereocenters. The molecule has 2 aliphatic heterocycles. The first-order valence-electron chi connectivity index (χ1n) is 5.15. The summed E-state index contributed by atoms with van der Waals surface area (Å²) in [6, 6.07) is 7.85. The average molecular weight is 216 g/mol. The zero-order valence-corrected chi connectivity index (χ0v) is 8.86. The molecular formula is C11H12N4O. The molecule has 3 N–H and O–H groups in total. The van der Waals surface area contributed by atoms with E-state index < -0.39 is 5.85 Å². The van der Waals surface area contributed by atoms with E-state index in [1.165, 1.54) is 0 Å². The van der Waals surface area contributed by atoms with Crippen molar-refractivity contribution in [1.82, 2.24) is 5.43 Å². The largest absolute Gasteiger partial charge is 0.348 e. The predicted octanol–water partition coefficient (Wildman–Crippen LogP) is 0.678. The molecule has 1 unspecified atom stereocenters. The Kier molecular flexibility index (Phi) is 1.79. The zero-order chi connectivity index (χ0) is 11.2. The number of amidine groups is 1. The molecule has 5 heteroatoms. The molecular weight excluding hydrogens is 204 g/mol. The number of para-hydroxylation sites is 1. The van der Waals surface area contributed by atoms with Crippen LogP contribution in [0.15, 0.2) is 34.4 Å². The van der Waals surface area contributed by atoms with Crippen molar-refractivity contribution in [3.8, 4) is 0 Å². The SMILES string of the molecule is CC1=NNC2(O)Nc3ccccc3CC2=N1. The van der Waals surface area contributed by atoms with Crippen LogP contribution in [0.1, 0.15) is 12.5 Å². The van der Waals surface area contributed by atoms with Crippen LogP contribution in [0.3, 0.4) is 0 Å². The topological polar surface area (TPSA) is 69.0 Å². The molecule has 0 aliphatic carbocycles. The molecule has 0 spiro atoms. The van der Waals surface area contributed by atoms with Crippen molar-refractivity contribution in [2.24, 2.45) is 10.1 Å². The summed E-state index contributed by atoms with van der Waals surface area (Å²) in [5, 5.41) is 17.2. The maximum absolute atomic E-state index is 10.3. The standard InChI is InChI=1S/C11H12N4O/c1-7-12-10-6-8-4-2-3-5-9(8)13-11(10,16)15-14-7/h2-5,13,15-16H,6H2,1H3. The number of hydrazone groups is 1. The summed E-state index contributed by atoms with van der Waals surface area (Å²) >= 11 is 0. The lowest BCUT2D eigenvalue weighted by atomic mass is 9.97. The number of hydrogen-bond donors (Lipinski definition) is 3. The Morgan fingerprint density at radius 3 is 3.06 bits per heavy atom. The third kappa shape index (κ3) is 1.29. The number of anilines is 1. The first kappa shape index (κ1) is 9.35.